The fourth-order valence-corrected chi connectivity index (χ4v) is 3.19. The zero-order valence-electron chi connectivity index (χ0n) is 13.3. The summed E-state index contributed by atoms with van der Waals surface area (Å²) in [5, 5.41) is 11.0. The number of carbonyl (C=O) groups is 3. The van der Waals surface area contributed by atoms with Gasteiger partial charge in [-0.1, -0.05) is 24.3 Å². The topological polar surface area (TPSA) is 84.3 Å². The van der Waals surface area contributed by atoms with Crippen LogP contribution in [0.1, 0.15) is 49.6 Å². The summed E-state index contributed by atoms with van der Waals surface area (Å²) in [7, 11) is 0. The number of aromatic hydroxyl groups is 1. The van der Waals surface area contributed by atoms with Crippen molar-refractivity contribution in [2.24, 2.45) is 0 Å². The summed E-state index contributed by atoms with van der Waals surface area (Å²) in [5.41, 5.74) is 1.48. The quantitative estimate of drug-likeness (QED) is 0.575. The molecule has 1 atom stereocenters. The van der Waals surface area contributed by atoms with Crippen LogP contribution in [0.4, 0.5) is 0 Å². The van der Waals surface area contributed by atoms with E-state index in [2.05, 4.69) is 4.98 Å². The fourth-order valence-electron chi connectivity index (χ4n) is 3.19. The van der Waals surface area contributed by atoms with Crippen molar-refractivity contribution in [2.75, 3.05) is 0 Å². The molecule has 122 valence electrons. The van der Waals surface area contributed by atoms with Gasteiger partial charge >= 0.3 is 0 Å². The summed E-state index contributed by atoms with van der Waals surface area (Å²) < 4.78 is 0. The number of pyridine rings is 1. The number of para-hydroxylation sites is 1. The maximum absolute atomic E-state index is 12.8. The summed E-state index contributed by atoms with van der Waals surface area (Å²) in [6.07, 6.45) is 0. The van der Waals surface area contributed by atoms with Crippen LogP contribution in [0.3, 0.4) is 0 Å². The Kier molecular flexibility index (Phi) is 3.25. The first-order valence-electron chi connectivity index (χ1n) is 7.79. The largest absolute Gasteiger partial charge is 0.506 e. The van der Waals surface area contributed by atoms with Crippen molar-refractivity contribution in [3.63, 3.8) is 0 Å². The number of rotatable bonds is 2. The number of nitrogens with zero attached hydrogens (tertiary/aromatic N) is 1. The molecule has 4 rings (SSSR count). The van der Waals surface area contributed by atoms with Crippen molar-refractivity contribution in [1.29, 1.82) is 0 Å². The van der Waals surface area contributed by atoms with E-state index < -0.39 is 17.5 Å². The molecule has 0 saturated carbocycles. The van der Waals surface area contributed by atoms with Gasteiger partial charge in [0.25, 0.3) is 0 Å². The predicted octanol–water partition coefficient (Wildman–Crippen LogP) is 3.31. The molecule has 1 aliphatic rings. The van der Waals surface area contributed by atoms with E-state index in [0.717, 1.165) is 5.39 Å². The van der Waals surface area contributed by atoms with Gasteiger partial charge in [-0.3, -0.25) is 14.4 Å². The molecule has 1 aromatic heterocycles. The van der Waals surface area contributed by atoms with Gasteiger partial charge in [0.15, 0.2) is 17.3 Å². The summed E-state index contributed by atoms with van der Waals surface area (Å²) in [4.78, 5) is 41.4. The highest BCUT2D eigenvalue weighted by atomic mass is 16.3. The molecule has 5 nitrogen and oxygen atoms in total. The number of benzene rings is 2. The SMILES string of the molecule is CC(=O)c1ccc2c(c1)C(=O)C(c1nc3ccccc3cc1O)C2=O. The minimum absolute atomic E-state index is 0.0503. The third kappa shape index (κ3) is 2.24. The molecular formula is C20H13NO4. The van der Waals surface area contributed by atoms with Crippen LogP contribution in [-0.4, -0.2) is 27.4 Å². The van der Waals surface area contributed by atoms with Crippen LogP contribution in [0.2, 0.25) is 0 Å². The number of hydrogen-bond acceptors (Lipinski definition) is 5. The summed E-state index contributed by atoms with van der Waals surface area (Å²) >= 11 is 0. The first-order valence-corrected chi connectivity index (χ1v) is 7.79. The van der Waals surface area contributed by atoms with E-state index in [-0.39, 0.29) is 28.4 Å². The van der Waals surface area contributed by atoms with Gasteiger partial charge in [0.2, 0.25) is 0 Å². The van der Waals surface area contributed by atoms with Gasteiger partial charge in [-0.25, -0.2) is 4.98 Å². The van der Waals surface area contributed by atoms with Crippen molar-refractivity contribution in [2.45, 2.75) is 12.8 Å². The molecule has 1 N–H and O–H groups in total. The average molecular weight is 331 g/mol. The Morgan fingerprint density at radius 3 is 2.48 bits per heavy atom. The van der Waals surface area contributed by atoms with E-state index in [0.29, 0.717) is 11.1 Å². The second-order valence-electron chi connectivity index (χ2n) is 6.06. The minimum atomic E-state index is -1.18. The Morgan fingerprint density at radius 1 is 1.00 bits per heavy atom. The molecule has 1 unspecified atom stereocenters. The Hall–Kier alpha value is -3.34. The Balaban J connectivity index is 1.87. The average Bonchev–Trinajstić information content (AvgIpc) is 2.85. The van der Waals surface area contributed by atoms with Crippen LogP contribution >= 0.6 is 0 Å². The van der Waals surface area contributed by atoms with E-state index in [9.17, 15) is 19.5 Å². The minimum Gasteiger partial charge on any atom is -0.506 e. The van der Waals surface area contributed by atoms with E-state index >= 15 is 0 Å². The van der Waals surface area contributed by atoms with Crippen molar-refractivity contribution in [1.82, 2.24) is 4.98 Å². The first-order chi connectivity index (χ1) is 12.0. The van der Waals surface area contributed by atoms with E-state index in [1.165, 1.54) is 31.2 Å². The first kappa shape index (κ1) is 15.2. The van der Waals surface area contributed by atoms with Crippen molar-refractivity contribution < 1.29 is 19.5 Å². The lowest BCUT2D eigenvalue weighted by Gasteiger charge is -2.10. The highest BCUT2D eigenvalue weighted by Crippen LogP contribution is 2.38. The lowest BCUT2D eigenvalue weighted by Crippen LogP contribution is -2.14. The molecule has 0 amide bonds. The number of fused-ring (bicyclic) bond motifs is 2. The molecule has 0 saturated heterocycles. The van der Waals surface area contributed by atoms with Gasteiger partial charge < -0.3 is 5.11 Å². The van der Waals surface area contributed by atoms with Gasteiger partial charge in [0.05, 0.1) is 5.52 Å². The lowest BCUT2D eigenvalue weighted by atomic mass is 9.97. The Morgan fingerprint density at radius 2 is 1.72 bits per heavy atom. The molecule has 5 heteroatoms. The number of hydrogen-bond donors (Lipinski definition) is 1. The zero-order valence-corrected chi connectivity index (χ0v) is 13.3. The van der Waals surface area contributed by atoms with Crippen LogP contribution in [0, 0.1) is 0 Å². The lowest BCUT2D eigenvalue weighted by molar-refractivity contribution is 0.0885. The molecule has 3 aromatic rings. The second kappa shape index (κ2) is 5.34. The van der Waals surface area contributed by atoms with Crippen LogP contribution < -0.4 is 0 Å². The third-order valence-electron chi connectivity index (χ3n) is 4.49. The molecule has 1 aliphatic carbocycles. The predicted molar refractivity (Wildman–Crippen MR) is 91.3 cm³/mol. The standard InChI is InChI=1S/C20H13NO4/c1-10(22)11-6-7-13-14(8-11)20(25)17(19(13)24)18-16(23)9-12-4-2-3-5-15(12)21-18/h2-9,17,23H,1H3. The van der Waals surface area contributed by atoms with Crippen LogP contribution in [0.15, 0.2) is 48.5 Å². The van der Waals surface area contributed by atoms with Crippen molar-refractivity contribution in [3.8, 4) is 5.75 Å². The number of ketones is 3. The van der Waals surface area contributed by atoms with Gasteiger partial charge in [0.1, 0.15) is 17.4 Å². The molecule has 0 fully saturated rings. The molecule has 25 heavy (non-hydrogen) atoms. The Labute approximate surface area is 142 Å². The van der Waals surface area contributed by atoms with Gasteiger partial charge in [-0.05, 0) is 31.2 Å². The van der Waals surface area contributed by atoms with E-state index in [4.69, 9.17) is 0 Å². The monoisotopic (exact) mass is 331 g/mol. The molecule has 0 radical (unpaired) electrons. The highest BCUT2D eigenvalue weighted by molar-refractivity contribution is 6.30. The molecule has 0 bridgehead atoms. The van der Waals surface area contributed by atoms with Crippen molar-refractivity contribution >= 4 is 28.3 Å². The van der Waals surface area contributed by atoms with E-state index in [1.54, 1.807) is 18.2 Å². The molecular weight excluding hydrogens is 318 g/mol. The van der Waals surface area contributed by atoms with Crippen LogP contribution in [0.25, 0.3) is 10.9 Å². The van der Waals surface area contributed by atoms with Crippen LogP contribution in [0.5, 0.6) is 5.75 Å². The smallest absolute Gasteiger partial charge is 0.180 e. The zero-order chi connectivity index (χ0) is 17.7. The second-order valence-corrected chi connectivity index (χ2v) is 6.06. The Bertz CT molecular complexity index is 1080. The maximum Gasteiger partial charge on any atom is 0.180 e. The van der Waals surface area contributed by atoms with Crippen molar-refractivity contribution in [3.05, 3.63) is 70.9 Å². The maximum atomic E-state index is 12.8. The summed E-state index contributed by atoms with van der Waals surface area (Å²) in [6, 6.07) is 13.1. The molecule has 2 aromatic carbocycles. The van der Waals surface area contributed by atoms with E-state index in [1.807, 2.05) is 6.07 Å². The molecule has 0 aliphatic heterocycles. The number of Topliss-reactive ketones (excluding diaryl/α,β-unsaturated/α-hetero) is 3. The van der Waals surface area contributed by atoms with Gasteiger partial charge in [0, 0.05) is 22.1 Å². The van der Waals surface area contributed by atoms with Crippen LogP contribution in [-0.2, 0) is 0 Å². The van der Waals surface area contributed by atoms with Gasteiger partial charge in [-0.2, -0.15) is 0 Å². The molecule has 1 heterocycles. The number of carbonyl (C=O) groups excluding carboxylic acids is 3. The summed E-state index contributed by atoms with van der Waals surface area (Å²) in [6.45, 7) is 1.40. The molecule has 0 spiro atoms. The third-order valence-corrected chi connectivity index (χ3v) is 4.49. The number of aromatic nitrogens is 1. The normalized spacial score (nSPS) is 16.3. The summed E-state index contributed by atoms with van der Waals surface area (Å²) in [5.74, 6) is -2.40. The van der Waals surface area contributed by atoms with Gasteiger partial charge in [-0.15, -0.1) is 0 Å². The highest BCUT2D eigenvalue weighted by Gasteiger charge is 2.42. The fraction of sp³-hybridized carbons (Fsp3) is 0.100.